The van der Waals surface area contributed by atoms with Crippen molar-refractivity contribution in [3.63, 3.8) is 0 Å². The number of carboxylic acids is 1. The lowest BCUT2D eigenvalue weighted by molar-refractivity contribution is -0.140. The molecule has 4 aromatic rings. The zero-order chi connectivity index (χ0) is 30.7. The van der Waals surface area contributed by atoms with E-state index in [2.05, 4.69) is 0 Å². The van der Waals surface area contributed by atoms with Gasteiger partial charge in [-0.3, -0.25) is 9.36 Å². The van der Waals surface area contributed by atoms with Gasteiger partial charge in [-0.2, -0.15) is 0 Å². The number of thiazole rings is 1. The van der Waals surface area contributed by atoms with E-state index in [4.69, 9.17) is 24.3 Å². The number of fused-ring (bicyclic) bond motifs is 1. The summed E-state index contributed by atoms with van der Waals surface area (Å²) < 4.78 is 32.5. The highest BCUT2D eigenvalue weighted by molar-refractivity contribution is 14.1. The summed E-state index contributed by atoms with van der Waals surface area (Å²) in [6.07, 6.45) is 1.66. The first-order valence-corrected chi connectivity index (χ1v) is 14.9. The van der Waals surface area contributed by atoms with Crippen molar-refractivity contribution in [3.05, 3.63) is 118 Å². The van der Waals surface area contributed by atoms with E-state index < -0.39 is 36.0 Å². The smallest absolute Gasteiger partial charge is 0.341 e. The van der Waals surface area contributed by atoms with Crippen LogP contribution in [0.1, 0.15) is 29.7 Å². The minimum atomic E-state index is -1.13. The second-order valence-corrected chi connectivity index (χ2v) is 11.4. The van der Waals surface area contributed by atoms with Crippen LogP contribution in [0, 0.1) is 9.39 Å². The summed E-state index contributed by atoms with van der Waals surface area (Å²) in [5.41, 5.74) is 1.88. The molecule has 3 aromatic carbocycles. The standard InChI is InChI=1S/C31H24FIN2O7S/c1-3-41-30(39)25-26(18-7-5-4-6-8-18)34-31-35(27(25)19-9-11-20(32)12-10-19)29(38)23(43-31)15-17-13-21(33)28(22(14-17)40-2)42-16-24(36)37/h4-15,27H,3,16H2,1-2H3,(H,36,37)/b23-15-/t27-/m0/s1. The monoisotopic (exact) mass is 714 g/mol. The molecule has 0 saturated heterocycles. The Labute approximate surface area is 262 Å². The summed E-state index contributed by atoms with van der Waals surface area (Å²) in [6.45, 7) is 1.26. The fourth-order valence-corrected chi connectivity index (χ4v) is 6.43. The Balaban J connectivity index is 1.75. The number of hydrogen-bond donors (Lipinski definition) is 1. The van der Waals surface area contributed by atoms with Crippen LogP contribution in [-0.2, 0) is 14.3 Å². The van der Waals surface area contributed by atoms with Gasteiger partial charge in [0.15, 0.2) is 22.9 Å². The van der Waals surface area contributed by atoms with Crippen LogP contribution in [0.4, 0.5) is 4.39 Å². The van der Waals surface area contributed by atoms with Crippen molar-refractivity contribution in [3.8, 4) is 11.5 Å². The van der Waals surface area contributed by atoms with Crippen LogP contribution in [0.15, 0.2) is 82.1 Å². The first-order valence-electron chi connectivity index (χ1n) is 13.0. The second-order valence-electron chi connectivity index (χ2n) is 9.20. The van der Waals surface area contributed by atoms with Crippen LogP contribution in [0.3, 0.4) is 0 Å². The number of aliphatic carboxylic acids is 1. The molecule has 0 saturated carbocycles. The lowest BCUT2D eigenvalue weighted by atomic mass is 9.93. The van der Waals surface area contributed by atoms with Gasteiger partial charge in [-0.05, 0) is 71.0 Å². The third-order valence-electron chi connectivity index (χ3n) is 6.45. The van der Waals surface area contributed by atoms with Gasteiger partial charge in [0.25, 0.3) is 5.56 Å². The molecule has 0 amide bonds. The van der Waals surface area contributed by atoms with Gasteiger partial charge in [0, 0.05) is 5.56 Å². The number of hydrogen-bond acceptors (Lipinski definition) is 8. The summed E-state index contributed by atoms with van der Waals surface area (Å²) >= 11 is 3.14. The average molecular weight is 715 g/mol. The molecule has 9 nitrogen and oxygen atoms in total. The Morgan fingerprint density at radius 2 is 1.86 bits per heavy atom. The van der Waals surface area contributed by atoms with Gasteiger partial charge in [0.2, 0.25) is 0 Å². The Morgan fingerprint density at radius 3 is 2.51 bits per heavy atom. The minimum absolute atomic E-state index is 0.109. The molecule has 220 valence electrons. The maximum Gasteiger partial charge on any atom is 0.341 e. The van der Waals surface area contributed by atoms with Crippen LogP contribution >= 0.6 is 33.9 Å². The van der Waals surface area contributed by atoms with Crippen molar-refractivity contribution in [2.24, 2.45) is 4.99 Å². The van der Waals surface area contributed by atoms with Crippen molar-refractivity contribution in [2.75, 3.05) is 20.3 Å². The van der Waals surface area contributed by atoms with Gasteiger partial charge in [0.05, 0.1) is 39.1 Å². The van der Waals surface area contributed by atoms with E-state index in [0.29, 0.717) is 41.0 Å². The van der Waals surface area contributed by atoms with Crippen LogP contribution in [0.25, 0.3) is 11.8 Å². The van der Waals surface area contributed by atoms with E-state index in [9.17, 15) is 18.8 Å². The van der Waals surface area contributed by atoms with Gasteiger partial charge >= 0.3 is 11.9 Å². The summed E-state index contributed by atoms with van der Waals surface area (Å²) in [7, 11) is 1.43. The summed E-state index contributed by atoms with van der Waals surface area (Å²) in [4.78, 5) is 43.7. The summed E-state index contributed by atoms with van der Waals surface area (Å²) in [5, 5.41) is 9.01. The first kappa shape index (κ1) is 30.2. The fraction of sp³-hybridized carbons (Fsp3) is 0.161. The molecule has 1 aliphatic heterocycles. The Morgan fingerprint density at radius 1 is 1.14 bits per heavy atom. The van der Waals surface area contributed by atoms with E-state index in [-0.39, 0.29) is 17.9 Å². The van der Waals surface area contributed by atoms with Crippen LogP contribution in [0.5, 0.6) is 11.5 Å². The molecule has 12 heteroatoms. The molecular formula is C31H24FIN2O7S. The highest BCUT2D eigenvalue weighted by Crippen LogP contribution is 2.36. The number of aromatic nitrogens is 1. The van der Waals surface area contributed by atoms with E-state index in [1.54, 1.807) is 25.1 Å². The number of carboxylic acid groups (broad SMARTS) is 1. The van der Waals surface area contributed by atoms with Crippen molar-refractivity contribution in [2.45, 2.75) is 13.0 Å². The zero-order valence-corrected chi connectivity index (χ0v) is 25.8. The molecule has 43 heavy (non-hydrogen) atoms. The molecule has 1 N–H and O–H groups in total. The van der Waals surface area contributed by atoms with Gasteiger partial charge in [-0.1, -0.05) is 53.8 Å². The van der Waals surface area contributed by atoms with E-state index in [0.717, 1.165) is 11.3 Å². The van der Waals surface area contributed by atoms with Crippen molar-refractivity contribution in [1.82, 2.24) is 4.57 Å². The Kier molecular flexibility index (Phi) is 9.06. The topological polar surface area (TPSA) is 116 Å². The average Bonchev–Trinajstić information content (AvgIpc) is 3.30. The zero-order valence-electron chi connectivity index (χ0n) is 22.9. The highest BCUT2D eigenvalue weighted by Gasteiger charge is 2.35. The molecule has 2 heterocycles. The number of methoxy groups -OCH3 is 1. The number of benzene rings is 3. The molecule has 1 aliphatic rings. The lowest BCUT2D eigenvalue weighted by Gasteiger charge is -2.25. The molecule has 5 rings (SSSR count). The third-order valence-corrected chi connectivity index (χ3v) is 8.23. The normalized spacial score (nSPS) is 14.6. The molecule has 0 spiro atoms. The third kappa shape index (κ3) is 6.25. The van der Waals surface area contributed by atoms with E-state index >= 15 is 0 Å². The molecule has 0 bridgehead atoms. The number of nitrogens with zero attached hydrogens (tertiary/aromatic N) is 2. The van der Waals surface area contributed by atoms with Gasteiger partial charge in [0.1, 0.15) is 5.82 Å². The predicted molar refractivity (Wildman–Crippen MR) is 166 cm³/mol. The van der Waals surface area contributed by atoms with Crippen molar-refractivity contribution in [1.29, 1.82) is 0 Å². The number of carbonyl (C=O) groups excluding carboxylic acids is 1. The second kappa shape index (κ2) is 12.9. The van der Waals surface area contributed by atoms with Crippen LogP contribution in [0.2, 0.25) is 0 Å². The van der Waals surface area contributed by atoms with Gasteiger partial charge < -0.3 is 19.3 Å². The number of carbonyl (C=O) groups is 2. The SMILES string of the molecule is CCOC(=O)C1=C(c2ccccc2)N=c2s/c(=C\c3cc(I)c(OCC(=O)O)c(OC)c3)c(=O)n2[C@H]1c1ccc(F)cc1. The highest BCUT2D eigenvalue weighted by atomic mass is 127. The molecule has 0 aliphatic carbocycles. The van der Waals surface area contributed by atoms with Crippen molar-refractivity contribution < 1.29 is 33.3 Å². The maximum atomic E-state index is 14.0. The molecule has 1 atom stereocenters. The van der Waals surface area contributed by atoms with E-state index in [1.165, 1.54) is 35.9 Å². The summed E-state index contributed by atoms with van der Waals surface area (Å²) in [6, 6.07) is 17.2. The number of halogens is 2. The maximum absolute atomic E-state index is 14.0. The Bertz CT molecular complexity index is 1920. The summed E-state index contributed by atoms with van der Waals surface area (Å²) in [5.74, 6) is -1.65. The van der Waals surface area contributed by atoms with Crippen LogP contribution < -0.4 is 24.4 Å². The molecule has 0 radical (unpaired) electrons. The largest absolute Gasteiger partial charge is 0.493 e. The van der Waals surface area contributed by atoms with Gasteiger partial charge in [-0.15, -0.1) is 0 Å². The fourth-order valence-electron chi connectivity index (χ4n) is 4.65. The minimum Gasteiger partial charge on any atom is -0.493 e. The predicted octanol–water partition coefficient (Wildman–Crippen LogP) is 4.15. The molecule has 1 aromatic heterocycles. The molecular weight excluding hydrogens is 690 g/mol. The van der Waals surface area contributed by atoms with E-state index in [1.807, 2.05) is 52.9 Å². The Hall–Kier alpha value is -4.30. The first-order chi connectivity index (χ1) is 20.7. The molecule has 0 fully saturated rings. The van der Waals surface area contributed by atoms with Gasteiger partial charge in [-0.25, -0.2) is 19.0 Å². The number of ether oxygens (including phenoxy) is 3. The number of rotatable bonds is 9. The number of esters is 1. The van der Waals surface area contributed by atoms with Crippen molar-refractivity contribution >= 4 is 57.6 Å². The quantitative estimate of drug-likeness (QED) is 0.205. The molecule has 0 unspecified atom stereocenters. The van der Waals surface area contributed by atoms with Crippen LogP contribution in [-0.4, -0.2) is 41.9 Å². The lowest BCUT2D eigenvalue weighted by Crippen LogP contribution is -2.40.